The van der Waals surface area contributed by atoms with Gasteiger partial charge in [-0.3, -0.25) is 33.8 Å². The van der Waals surface area contributed by atoms with Gasteiger partial charge in [0.25, 0.3) is 0 Å². The highest BCUT2D eigenvalue weighted by Crippen LogP contribution is 2.31. The van der Waals surface area contributed by atoms with Crippen molar-refractivity contribution >= 4 is 78.7 Å². The van der Waals surface area contributed by atoms with Gasteiger partial charge in [0.2, 0.25) is 0 Å². The Morgan fingerprint density at radius 2 is 0.986 bits per heavy atom. The van der Waals surface area contributed by atoms with Crippen molar-refractivity contribution in [2.24, 2.45) is 4.99 Å². The number of halogens is 1. The lowest BCUT2D eigenvalue weighted by molar-refractivity contribution is -0.116. The predicted molar refractivity (Wildman–Crippen MR) is 294 cm³/mol. The summed E-state index contributed by atoms with van der Waals surface area (Å²) >= 11 is 1.70. The Bertz CT molecular complexity index is 3220. The Morgan fingerprint density at radius 3 is 1.51 bits per heavy atom. The van der Waals surface area contributed by atoms with Gasteiger partial charge < -0.3 is 4.98 Å². The van der Waals surface area contributed by atoms with E-state index in [0.717, 1.165) is 64.5 Å². The SMILES string of the molecule is CC.CC(CCCC1=C(C)C(=O)C(C)=C(C)C1=O)=Nc1ccccc1C.CC1=C(C)C(=O)C(CCCc2nc3ccc(F)cc3[nH]2)=C(C)C1=O.CC1=C(C)C(=O)C(CCCc2nc3ccccc3s2)=C(C)C1=O. The Hall–Kier alpha value is -6.92. The molecule has 0 fully saturated rings. The quantitative estimate of drug-likeness (QED) is 0.0902. The minimum absolute atomic E-state index is 0.00685. The lowest BCUT2D eigenvalue weighted by Crippen LogP contribution is -2.20. The number of H-pyrrole nitrogens is 1. The highest BCUT2D eigenvalue weighted by molar-refractivity contribution is 7.18. The normalized spacial score (nSPS) is 15.7. The number of hydrogen-bond acceptors (Lipinski definition) is 10. The first-order valence-electron chi connectivity index (χ1n) is 25.2. The van der Waals surface area contributed by atoms with E-state index in [4.69, 9.17) is 0 Å². The first-order valence-corrected chi connectivity index (χ1v) is 26.0. The van der Waals surface area contributed by atoms with E-state index >= 15 is 0 Å². The maximum atomic E-state index is 13.2. The number of rotatable bonds is 13. The standard InChI is InChI=1S/C21H25NO2.C19H19FN2O2.C19H19NO2S.C2H6/c1-13-9-6-7-12-19(13)22-14(2)10-8-11-18-17(5)20(23)15(3)16(4)21(18)24;1-10-11(2)19(24)14(12(3)18(10)23)5-4-6-17-21-15-8-7-13(20)9-16(15)22-17;1-11-12(2)19(22)14(13(3)18(11)21)7-6-10-17-20-15-8-4-5-9-16(15)23-17;1-2/h6-7,9,12H,8,10-11H2,1-5H3;7-9H,4-6H2,1-3H3,(H,21,22);4-5,8-9H,6-7,10H2,1-3H3;1-2H3. The van der Waals surface area contributed by atoms with Crippen molar-refractivity contribution in [2.45, 2.75) is 148 Å². The number of thiazole rings is 1. The van der Waals surface area contributed by atoms with Gasteiger partial charge in [0, 0.05) is 79.0 Å². The van der Waals surface area contributed by atoms with Crippen LogP contribution in [0.2, 0.25) is 0 Å². The molecule has 0 radical (unpaired) electrons. The molecule has 3 aliphatic carbocycles. The lowest BCUT2D eigenvalue weighted by atomic mass is 9.84. The van der Waals surface area contributed by atoms with Crippen LogP contribution in [0.25, 0.3) is 21.3 Å². The molecule has 0 saturated carbocycles. The average molecular weight is 1010 g/mol. The van der Waals surface area contributed by atoms with Crippen molar-refractivity contribution < 1.29 is 33.2 Å². The van der Waals surface area contributed by atoms with Crippen molar-refractivity contribution in [3.63, 3.8) is 0 Å². The number of allylic oxidation sites excluding steroid dienone is 12. The fraction of sp³-hybridized carbons (Fsp3) is 0.361. The molecule has 2 aromatic heterocycles. The summed E-state index contributed by atoms with van der Waals surface area (Å²) < 4.78 is 14.4. The number of para-hydroxylation sites is 2. The number of carbonyl (C=O) groups is 6. The number of ketones is 6. The number of carbonyl (C=O) groups excluding carboxylic acids is 6. The molecule has 10 nitrogen and oxygen atoms in total. The summed E-state index contributed by atoms with van der Waals surface area (Å²) in [5.74, 6) is 0.457. The van der Waals surface area contributed by atoms with Crippen LogP contribution in [0.5, 0.6) is 0 Å². The van der Waals surface area contributed by atoms with Crippen molar-refractivity contribution in [3.8, 4) is 0 Å². The summed E-state index contributed by atoms with van der Waals surface area (Å²) in [7, 11) is 0. The maximum Gasteiger partial charge on any atom is 0.185 e. The highest BCUT2D eigenvalue weighted by Gasteiger charge is 2.29. The number of aryl methyl sites for hydroxylation is 3. The van der Waals surface area contributed by atoms with E-state index in [1.165, 1.54) is 16.8 Å². The molecule has 0 bridgehead atoms. The van der Waals surface area contributed by atoms with E-state index < -0.39 is 0 Å². The molecule has 3 aromatic carbocycles. The van der Waals surface area contributed by atoms with Gasteiger partial charge in [0.05, 0.1) is 31.9 Å². The maximum absolute atomic E-state index is 13.2. The summed E-state index contributed by atoms with van der Waals surface area (Å²) in [5, 5.41) is 1.09. The second-order valence-corrected chi connectivity index (χ2v) is 19.8. The van der Waals surface area contributed by atoms with Crippen LogP contribution >= 0.6 is 11.3 Å². The van der Waals surface area contributed by atoms with Crippen LogP contribution in [0, 0.1) is 12.7 Å². The van der Waals surface area contributed by atoms with E-state index in [1.807, 2.05) is 70.2 Å². The molecule has 5 aromatic rings. The third kappa shape index (κ3) is 13.6. The number of aromatic amines is 1. The van der Waals surface area contributed by atoms with Gasteiger partial charge in [-0.05, 0) is 169 Å². The van der Waals surface area contributed by atoms with Crippen LogP contribution in [-0.4, -0.2) is 55.4 Å². The summed E-state index contributed by atoms with van der Waals surface area (Å²) in [6.07, 6.45) is 6.42. The third-order valence-corrected chi connectivity index (χ3v) is 14.9. The van der Waals surface area contributed by atoms with Gasteiger partial charge in [-0.15, -0.1) is 11.3 Å². The molecular weight excluding hydrogens is 936 g/mol. The van der Waals surface area contributed by atoms with Crippen LogP contribution in [0.4, 0.5) is 10.1 Å². The molecule has 3 aliphatic rings. The first-order chi connectivity index (χ1) is 34.7. The molecule has 8 rings (SSSR count). The molecular formula is C61H69FN4O6S. The number of hydrogen-bond donors (Lipinski definition) is 1. The van der Waals surface area contributed by atoms with Crippen molar-refractivity contribution in [1.82, 2.24) is 15.0 Å². The monoisotopic (exact) mass is 1000 g/mol. The molecule has 0 aliphatic heterocycles. The molecule has 1 N–H and O–H groups in total. The minimum atomic E-state index is -0.303. The topological polar surface area (TPSA) is 156 Å². The van der Waals surface area contributed by atoms with Crippen LogP contribution < -0.4 is 0 Å². The fourth-order valence-electron chi connectivity index (χ4n) is 8.87. The lowest BCUT2D eigenvalue weighted by Gasteiger charge is -2.18. The zero-order valence-corrected chi connectivity index (χ0v) is 45.6. The number of imidazole rings is 1. The second-order valence-electron chi connectivity index (χ2n) is 18.6. The number of fused-ring (bicyclic) bond motifs is 2. The first kappa shape index (κ1) is 57.0. The summed E-state index contributed by atoms with van der Waals surface area (Å²) in [6, 6.07) is 20.6. The number of Topliss-reactive ketones (excluding diaryl/α,β-unsaturated/α-hetero) is 6. The van der Waals surface area contributed by atoms with E-state index in [2.05, 4.69) is 26.0 Å². The molecule has 12 heteroatoms. The largest absolute Gasteiger partial charge is 0.342 e. The van der Waals surface area contributed by atoms with Crippen molar-refractivity contribution in [1.29, 1.82) is 0 Å². The van der Waals surface area contributed by atoms with Gasteiger partial charge in [-0.25, -0.2) is 14.4 Å². The molecule has 2 heterocycles. The van der Waals surface area contributed by atoms with Gasteiger partial charge >= 0.3 is 0 Å². The predicted octanol–water partition coefficient (Wildman–Crippen LogP) is 14.3. The number of aromatic nitrogens is 3. The van der Waals surface area contributed by atoms with Crippen LogP contribution in [0.15, 0.2) is 139 Å². The Kier molecular flexibility index (Phi) is 20.0. The molecule has 382 valence electrons. The Labute approximate surface area is 433 Å². The zero-order valence-electron chi connectivity index (χ0n) is 44.8. The smallest absolute Gasteiger partial charge is 0.185 e. The Morgan fingerprint density at radius 1 is 0.521 bits per heavy atom. The van der Waals surface area contributed by atoms with E-state index in [0.29, 0.717) is 104 Å². The van der Waals surface area contributed by atoms with Crippen molar-refractivity contribution in [2.75, 3.05) is 0 Å². The van der Waals surface area contributed by atoms with Crippen LogP contribution in [0.1, 0.15) is 144 Å². The molecule has 0 unspecified atom stereocenters. The molecule has 0 atom stereocenters. The van der Waals surface area contributed by atoms with Crippen LogP contribution in [0.3, 0.4) is 0 Å². The number of nitrogens with zero attached hydrogens (tertiary/aromatic N) is 3. The van der Waals surface area contributed by atoms with Gasteiger partial charge in [-0.1, -0.05) is 44.2 Å². The van der Waals surface area contributed by atoms with Crippen molar-refractivity contribution in [3.05, 3.63) is 156 Å². The summed E-state index contributed by atoms with van der Waals surface area (Å²) in [4.78, 5) is 90.5. The third-order valence-electron chi connectivity index (χ3n) is 13.8. The molecule has 0 saturated heterocycles. The van der Waals surface area contributed by atoms with Gasteiger partial charge in [-0.2, -0.15) is 0 Å². The summed E-state index contributed by atoms with van der Waals surface area (Å²) in [6.45, 7) is 23.7. The van der Waals surface area contributed by atoms with Crippen LogP contribution in [-0.2, 0) is 41.6 Å². The Balaban J connectivity index is 0.000000200. The molecule has 0 amide bonds. The van der Waals surface area contributed by atoms with E-state index in [1.54, 1.807) is 79.7 Å². The van der Waals surface area contributed by atoms with Gasteiger partial charge in [0.15, 0.2) is 34.7 Å². The zero-order chi connectivity index (χ0) is 53.8. The minimum Gasteiger partial charge on any atom is -0.342 e. The highest BCUT2D eigenvalue weighted by atomic mass is 32.1. The molecule has 73 heavy (non-hydrogen) atoms. The molecule has 0 spiro atoms. The average Bonchev–Trinajstić information content (AvgIpc) is 4.00. The fourth-order valence-corrected chi connectivity index (χ4v) is 9.88. The number of nitrogens with one attached hydrogen (secondary N) is 1. The second kappa shape index (κ2) is 25.6. The number of benzene rings is 3. The number of aliphatic imine (C=N–C) groups is 1. The van der Waals surface area contributed by atoms with E-state index in [-0.39, 0.29) is 40.5 Å². The van der Waals surface area contributed by atoms with Gasteiger partial charge in [0.1, 0.15) is 11.6 Å². The van der Waals surface area contributed by atoms with E-state index in [9.17, 15) is 33.2 Å². The summed E-state index contributed by atoms with van der Waals surface area (Å²) in [5.41, 5.74) is 12.8.